The Kier molecular flexibility index (Phi) is 2.89. The van der Waals surface area contributed by atoms with E-state index in [-0.39, 0.29) is 11.9 Å². The van der Waals surface area contributed by atoms with Crippen molar-refractivity contribution in [3.8, 4) is 5.88 Å². The zero-order chi connectivity index (χ0) is 11.5. The Balaban J connectivity index is 2.08. The Bertz CT molecular complexity index is 408. The van der Waals surface area contributed by atoms with Crippen LogP contribution in [0.2, 0.25) is 0 Å². The summed E-state index contributed by atoms with van der Waals surface area (Å²) in [7, 11) is 1.56. The molecule has 86 valence electrons. The van der Waals surface area contributed by atoms with Gasteiger partial charge >= 0.3 is 0 Å². The standard InChI is InChI=1S/C10H14N4O2/c1-6-12-8(4-10(13-6)16-2)14-7-3-9(15)11-5-7/h4,7H,3,5H2,1-2H3,(H,11,15)(H,12,13,14). The normalized spacial score (nSPS) is 19.4. The molecule has 1 amide bonds. The maximum absolute atomic E-state index is 11.0. The molecule has 1 aliphatic heterocycles. The molecule has 6 heteroatoms. The largest absolute Gasteiger partial charge is 0.481 e. The van der Waals surface area contributed by atoms with E-state index in [1.165, 1.54) is 0 Å². The van der Waals surface area contributed by atoms with Gasteiger partial charge in [-0.3, -0.25) is 4.79 Å². The zero-order valence-corrected chi connectivity index (χ0v) is 9.28. The number of anilines is 1. The van der Waals surface area contributed by atoms with E-state index < -0.39 is 0 Å². The van der Waals surface area contributed by atoms with Crippen molar-refractivity contribution in [1.29, 1.82) is 0 Å². The Morgan fingerprint density at radius 3 is 3.00 bits per heavy atom. The van der Waals surface area contributed by atoms with Crippen LogP contribution in [0.15, 0.2) is 6.07 Å². The van der Waals surface area contributed by atoms with E-state index in [2.05, 4.69) is 20.6 Å². The number of hydrogen-bond donors (Lipinski definition) is 2. The molecule has 2 heterocycles. The topological polar surface area (TPSA) is 76.1 Å². The van der Waals surface area contributed by atoms with Crippen LogP contribution in [0, 0.1) is 6.92 Å². The lowest BCUT2D eigenvalue weighted by Crippen LogP contribution is -2.23. The van der Waals surface area contributed by atoms with Gasteiger partial charge in [0.15, 0.2) is 0 Å². The van der Waals surface area contributed by atoms with Crippen molar-refractivity contribution < 1.29 is 9.53 Å². The van der Waals surface area contributed by atoms with Gasteiger partial charge in [-0.15, -0.1) is 0 Å². The summed E-state index contributed by atoms with van der Waals surface area (Å²) in [5, 5.41) is 5.93. The summed E-state index contributed by atoms with van der Waals surface area (Å²) in [5.74, 6) is 1.91. The molecule has 1 fully saturated rings. The molecule has 1 aromatic heterocycles. The number of nitrogens with zero attached hydrogens (tertiary/aromatic N) is 2. The van der Waals surface area contributed by atoms with E-state index in [4.69, 9.17) is 4.74 Å². The average molecular weight is 222 g/mol. The SMILES string of the molecule is COc1cc(NC2CNC(=O)C2)nc(C)n1. The molecule has 0 aromatic carbocycles. The second-order valence-corrected chi connectivity index (χ2v) is 3.69. The molecule has 1 aromatic rings. The number of hydrogen-bond acceptors (Lipinski definition) is 5. The Labute approximate surface area is 93.4 Å². The number of ether oxygens (including phenoxy) is 1. The fourth-order valence-electron chi connectivity index (χ4n) is 1.64. The predicted octanol–water partition coefficient (Wildman–Crippen LogP) is 0.0940. The van der Waals surface area contributed by atoms with Crippen LogP contribution in [0.3, 0.4) is 0 Å². The maximum atomic E-state index is 11.0. The molecule has 0 bridgehead atoms. The summed E-state index contributed by atoms with van der Waals surface area (Å²) in [6.07, 6.45) is 0.478. The first-order valence-corrected chi connectivity index (χ1v) is 5.10. The highest BCUT2D eigenvalue weighted by Crippen LogP contribution is 2.15. The van der Waals surface area contributed by atoms with Crippen molar-refractivity contribution in [3.63, 3.8) is 0 Å². The first-order valence-electron chi connectivity index (χ1n) is 5.10. The van der Waals surface area contributed by atoms with E-state index in [1.54, 1.807) is 20.1 Å². The number of amides is 1. The molecule has 1 aliphatic rings. The van der Waals surface area contributed by atoms with E-state index >= 15 is 0 Å². The van der Waals surface area contributed by atoms with Gasteiger partial charge in [-0.2, -0.15) is 4.98 Å². The van der Waals surface area contributed by atoms with Crippen molar-refractivity contribution in [3.05, 3.63) is 11.9 Å². The third-order valence-electron chi connectivity index (χ3n) is 2.35. The number of rotatable bonds is 3. The van der Waals surface area contributed by atoms with Gasteiger partial charge in [0.25, 0.3) is 0 Å². The second kappa shape index (κ2) is 4.34. The number of aryl methyl sites for hydroxylation is 1. The highest BCUT2D eigenvalue weighted by molar-refractivity contribution is 5.79. The van der Waals surface area contributed by atoms with Crippen LogP contribution in [-0.4, -0.2) is 35.6 Å². The van der Waals surface area contributed by atoms with Crippen molar-refractivity contribution in [2.45, 2.75) is 19.4 Å². The summed E-state index contributed by atoms with van der Waals surface area (Å²) >= 11 is 0. The Hall–Kier alpha value is -1.85. The minimum Gasteiger partial charge on any atom is -0.481 e. The molecule has 1 saturated heterocycles. The lowest BCUT2D eigenvalue weighted by Gasteiger charge is -2.12. The summed E-state index contributed by atoms with van der Waals surface area (Å²) in [6.45, 7) is 2.43. The summed E-state index contributed by atoms with van der Waals surface area (Å²) in [5.41, 5.74) is 0. The fraction of sp³-hybridized carbons (Fsp3) is 0.500. The molecule has 6 nitrogen and oxygen atoms in total. The zero-order valence-electron chi connectivity index (χ0n) is 9.28. The van der Waals surface area contributed by atoms with Crippen LogP contribution in [0.5, 0.6) is 5.88 Å². The molecular formula is C10H14N4O2. The molecular weight excluding hydrogens is 208 g/mol. The molecule has 16 heavy (non-hydrogen) atoms. The minimum absolute atomic E-state index is 0.0650. The number of carbonyl (C=O) groups excluding carboxylic acids is 1. The fourth-order valence-corrected chi connectivity index (χ4v) is 1.64. The van der Waals surface area contributed by atoms with Crippen molar-refractivity contribution >= 4 is 11.7 Å². The first kappa shape index (κ1) is 10.7. The van der Waals surface area contributed by atoms with Crippen LogP contribution in [-0.2, 0) is 4.79 Å². The third-order valence-corrected chi connectivity index (χ3v) is 2.35. The molecule has 1 atom stereocenters. The molecule has 2 N–H and O–H groups in total. The number of methoxy groups -OCH3 is 1. The van der Waals surface area contributed by atoms with Gasteiger partial charge in [0.2, 0.25) is 11.8 Å². The smallest absolute Gasteiger partial charge is 0.222 e. The summed E-state index contributed by atoms with van der Waals surface area (Å²) in [4.78, 5) is 19.3. The van der Waals surface area contributed by atoms with Crippen LogP contribution >= 0.6 is 0 Å². The van der Waals surface area contributed by atoms with E-state index in [9.17, 15) is 4.79 Å². The van der Waals surface area contributed by atoms with Gasteiger partial charge < -0.3 is 15.4 Å². The minimum atomic E-state index is 0.0650. The van der Waals surface area contributed by atoms with Gasteiger partial charge in [0.1, 0.15) is 11.6 Å². The van der Waals surface area contributed by atoms with Crippen molar-refractivity contribution in [2.24, 2.45) is 0 Å². The Morgan fingerprint density at radius 2 is 2.38 bits per heavy atom. The first-order chi connectivity index (χ1) is 7.67. The molecule has 0 aliphatic carbocycles. The van der Waals surface area contributed by atoms with Gasteiger partial charge in [0, 0.05) is 19.0 Å². The van der Waals surface area contributed by atoms with Gasteiger partial charge in [0.05, 0.1) is 13.2 Å². The number of carbonyl (C=O) groups is 1. The van der Waals surface area contributed by atoms with E-state index in [0.29, 0.717) is 30.5 Å². The average Bonchev–Trinajstić information content (AvgIpc) is 2.63. The monoisotopic (exact) mass is 222 g/mol. The quantitative estimate of drug-likeness (QED) is 0.758. The lowest BCUT2D eigenvalue weighted by molar-refractivity contribution is -0.119. The highest BCUT2D eigenvalue weighted by Gasteiger charge is 2.21. The van der Waals surface area contributed by atoms with E-state index in [0.717, 1.165) is 0 Å². The van der Waals surface area contributed by atoms with Gasteiger partial charge in [-0.25, -0.2) is 4.98 Å². The predicted molar refractivity (Wildman–Crippen MR) is 58.4 cm³/mol. The van der Waals surface area contributed by atoms with Crippen LogP contribution in [0.1, 0.15) is 12.2 Å². The molecule has 0 radical (unpaired) electrons. The maximum Gasteiger partial charge on any atom is 0.222 e. The van der Waals surface area contributed by atoms with Crippen LogP contribution in [0.4, 0.5) is 5.82 Å². The molecule has 1 unspecified atom stereocenters. The molecule has 0 saturated carbocycles. The summed E-state index contributed by atoms with van der Waals surface area (Å²) in [6, 6.07) is 1.81. The second-order valence-electron chi connectivity index (χ2n) is 3.69. The number of aromatic nitrogens is 2. The molecule has 2 rings (SSSR count). The Morgan fingerprint density at radius 1 is 1.56 bits per heavy atom. The molecule has 0 spiro atoms. The van der Waals surface area contributed by atoms with Crippen LogP contribution in [0.25, 0.3) is 0 Å². The van der Waals surface area contributed by atoms with Crippen molar-refractivity contribution in [1.82, 2.24) is 15.3 Å². The summed E-state index contributed by atoms with van der Waals surface area (Å²) < 4.78 is 5.05. The van der Waals surface area contributed by atoms with Crippen molar-refractivity contribution in [2.75, 3.05) is 19.0 Å². The van der Waals surface area contributed by atoms with Gasteiger partial charge in [-0.1, -0.05) is 0 Å². The van der Waals surface area contributed by atoms with Crippen LogP contribution < -0.4 is 15.4 Å². The van der Waals surface area contributed by atoms with E-state index in [1.807, 2.05) is 0 Å². The highest BCUT2D eigenvalue weighted by atomic mass is 16.5. The van der Waals surface area contributed by atoms with Gasteiger partial charge in [-0.05, 0) is 6.92 Å². The number of nitrogens with one attached hydrogen (secondary N) is 2. The lowest BCUT2D eigenvalue weighted by atomic mass is 10.2. The third kappa shape index (κ3) is 2.39.